The van der Waals surface area contributed by atoms with Gasteiger partial charge in [-0.15, -0.1) is 0 Å². The molecule has 0 aliphatic carbocycles. The molecule has 1 aromatic carbocycles. The largest absolute Gasteiger partial charge is 0.325 e. The van der Waals surface area contributed by atoms with Crippen molar-refractivity contribution >= 4 is 11.6 Å². The van der Waals surface area contributed by atoms with E-state index in [9.17, 15) is 9.18 Å². The average Bonchev–Trinajstić information content (AvgIpc) is 2.98. The van der Waals surface area contributed by atoms with E-state index in [1.165, 1.54) is 29.5 Å². The molecule has 0 aliphatic heterocycles. The molecule has 7 heteroatoms. The maximum atomic E-state index is 14.0. The lowest BCUT2D eigenvalue weighted by Gasteiger charge is -2.12. The van der Waals surface area contributed by atoms with Crippen LogP contribution >= 0.6 is 0 Å². The number of nitrogens with zero attached hydrogens (tertiary/aromatic N) is 3. The maximum Gasteiger partial charge on any atom is 0.241 e. The number of hydrogen-bond donors (Lipinski definition) is 2. The van der Waals surface area contributed by atoms with E-state index < -0.39 is 11.9 Å². The van der Waals surface area contributed by atoms with E-state index >= 15 is 0 Å². The number of nitrogens with two attached hydrogens (primary N) is 1. The van der Waals surface area contributed by atoms with Gasteiger partial charge in [0.05, 0.1) is 6.04 Å². The molecule has 2 rings (SSSR count). The molecule has 1 aromatic heterocycles. The first-order valence-electron chi connectivity index (χ1n) is 6.82. The van der Waals surface area contributed by atoms with Crippen molar-refractivity contribution in [3.05, 3.63) is 36.7 Å². The summed E-state index contributed by atoms with van der Waals surface area (Å²) in [7, 11) is 0. The van der Waals surface area contributed by atoms with Crippen LogP contribution in [0.2, 0.25) is 0 Å². The van der Waals surface area contributed by atoms with Crippen molar-refractivity contribution < 1.29 is 9.18 Å². The highest BCUT2D eigenvalue weighted by molar-refractivity contribution is 5.94. The quantitative estimate of drug-likeness (QED) is 0.850. The summed E-state index contributed by atoms with van der Waals surface area (Å²) in [5.41, 5.74) is 6.40. The van der Waals surface area contributed by atoms with Crippen LogP contribution in [0.3, 0.4) is 0 Å². The Balaban J connectivity index is 2.05. The fourth-order valence-corrected chi connectivity index (χ4v) is 1.89. The normalized spacial score (nSPS) is 12.1. The molecule has 0 spiro atoms. The minimum atomic E-state index is -0.581. The highest BCUT2D eigenvalue weighted by Gasteiger charge is 2.14. The van der Waals surface area contributed by atoms with Crippen LogP contribution in [0.15, 0.2) is 30.9 Å². The molecular formula is C14H18FN5O. The van der Waals surface area contributed by atoms with Crippen LogP contribution in [-0.2, 0) is 4.79 Å². The van der Waals surface area contributed by atoms with E-state index in [2.05, 4.69) is 15.4 Å². The zero-order valence-electron chi connectivity index (χ0n) is 11.8. The fourth-order valence-electron chi connectivity index (χ4n) is 1.89. The number of amides is 1. The van der Waals surface area contributed by atoms with Crippen molar-refractivity contribution in [3.8, 4) is 5.69 Å². The number of benzene rings is 1. The Morgan fingerprint density at radius 1 is 1.52 bits per heavy atom. The first-order valence-corrected chi connectivity index (χ1v) is 6.82. The van der Waals surface area contributed by atoms with Gasteiger partial charge < -0.3 is 11.1 Å². The minimum Gasteiger partial charge on any atom is -0.325 e. The molecule has 112 valence electrons. The van der Waals surface area contributed by atoms with E-state index in [1.54, 1.807) is 6.07 Å². The van der Waals surface area contributed by atoms with Crippen molar-refractivity contribution in [2.45, 2.75) is 32.2 Å². The van der Waals surface area contributed by atoms with Gasteiger partial charge in [0.25, 0.3) is 0 Å². The van der Waals surface area contributed by atoms with Gasteiger partial charge in [-0.25, -0.2) is 14.1 Å². The minimum absolute atomic E-state index is 0.265. The van der Waals surface area contributed by atoms with E-state index in [0.29, 0.717) is 12.1 Å². The number of rotatable bonds is 6. The van der Waals surface area contributed by atoms with Gasteiger partial charge in [0.2, 0.25) is 5.91 Å². The summed E-state index contributed by atoms with van der Waals surface area (Å²) >= 11 is 0. The second kappa shape index (κ2) is 6.94. The second-order valence-electron chi connectivity index (χ2n) is 4.74. The third-order valence-electron chi connectivity index (χ3n) is 3.09. The Bertz CT molecular complexity index is 599. The monoisotopic (exact) mass is 291 g/mol. The molecular weight excluding hydrogens is 273 g/mol. The Labute approximate surface area is 122 Å². The van der Waals surface area contributed by atoms with Crippen molar-refractivity contribution in [1.82, 2.24) is 14.8 Å². The number of anilines is 1. The van der Waals surface area contributed by atoms with Gasteiger partial charge >= 0.3 is 0 Å². The van der Waals surface area contributed by atoms with Crippen LogP contribution in [0.25, 0.3) is 5.69 Å². The average molecular weight is 291 g/mol. The number of unbranched alkanes of at least 4 members (excludes halogenated alkanes) is 1. The summed E-state index contributed by atoms with van der Waals surface area (Å²) in [6.45, 7) is 2.03. The van der Waals surface area contributed by atoms with Gasteiger partial charge in [-0.3, -0.25) is 4.79 Å². The van der Waals surface area contributed by atoms with E-state index in [1.807, 2.05) is 6.92 Å². The first-order chi connectivity index (χ1) is 10.1. The van der Waals surface area contributed by atoms with Gasteiger partial charge in [0.15, 0.2) is 5.82 Å². The molecule has 0 unspecified atom stereocenters. The first kappa shape index (κ1) is 15.1. The van der Waals surface area contributed by atoms with E-state index in [0.717, 1.165) is 12.8 Å². The predicted molar refractivity (Wildman–Crippen MR) is 77.4 cm³/mol. The topological polar surface area (TPSA) is 85.8 Å². The summed E-state index contributed by atoms with van der Waals surface area (Å²) in [4.78, 5) is 15.6. The lowest BCUT2D eigenvalue weighted by molar-refractivity contribution is -0.117. The summed E-state index contributed by atoms with van der Waals surface area (Å²) < 4.78 is 15.3. The van der Waals surface area contributed by atoms with Gasteiger partial charge in [-0.2, -0.15) is 5.10 Å². The van der Waals surface area contributed by atoms with E-state index in [4.69, 9.17) is 5.73 Å². The van der Waals surface area contributed by atoms with Crippen LogP contribution in [0.1, 0.15) is 26.2 Å². The Kier molecular flexibility index (Phi) is 4.99. The molecule has 1 amide bonds. The van der Waals surface area contributed by atoms with Gasteiger partial charge in [-0.1, -0.05) is 19.8 Å². The summed E-state index contributed by atoms with van der Waals surface area (Å²) in [6, 6.07) is 3.78. The Morgan fingerprint density at radius 3 is 2.95 bits per heavy atom. The van der Waals surface area contributed by atoms with Gasteiger partial charge in [0, 0.05) is 5.69 Å². The molecule has 0 saturated heterocycles. The Morgan fingerprint density at radius 2 is 2.33 bits per heavy atom. The number of nitrogens with one attached hydrogen (secondary N) is 1. The molecule has 3 N–H and O–H groups in total. The van der Waals surface area contributed by atoms with E-state index in [-0.39, 0.29) is 11.6 Å². The summed E-state index contributed by atoms with van der Waals surface area (Å²) in [5.74, 6) is -0.809. The standard InChI is InChI=1S/C14H18FN5O/c1-2-3-4-12(16)14(21)19-10-5-6-13(11(15)7-10)20-9-17-8-18-20/h5-9,12H,2-4,16H2,1H3,(H,19,21)/t12-/m0/s1. The third-order valence-corrected chi connectivity index (χ3v) is 3.09. The van der Waals surface area contributed by atoms with Gasteiger partial charge in [-0.05, 0) is 24.6 Å². The molecule has 6 nitrogen and oxygen atoms in total. The van der Waals surface area contributed by atoms with Crippen LogP contribution < -0.4 is 11.1 Å². The number of hydrogen-bond acceptors (Lipinski definition) is 4. The number of carbonyl (C=O) groups excluding carboxylic acids is 1. The molecule has 21 heavy (non-hydrogen) atoms. The van der Waals surface area contributed by atoms with Crippen LogP contribution in [0.5, 0.6) is 0 Å². The molecule has 0 bridgehead atoms. The lowest BCUT2D eigenvalue weighted by atomic mass is 10.1. The van der Waals surface area contributed by atoms with Gasteiger partial charge in [0.1, 0.15) is 18.3 Å². The van der Waals surface area contributed by atoms with Crippen molar-refractivity contribution in [2.75, 3.05) is 5.32 Å². The molecule has 2 aromatic rings. The van der Waals surface area contributed by atoms with Crippen molar-refractivity contribution in [1.29, 1.82) is 0 Å². The summed E-state index contributed by atoms with van der Waals surface area (Å²) in [5, 5.41) is 6.47. The molecule has 1 heterocycles. The smallest absolute Gasteiger partial charge is 0.241 e. The molecule has 1 atom stereocenters. The Hall–Kier alpha value is -2.28. The SMILES string of the molecule is CCCC[C@H](N)C(=O)Nc1ccc(-n2cncn2)c(F)c1. The molecule has 0 saturated carbocycles. The lowest BCUT2D eigenvalue weighted by Crippen LogP contribution is -2.35. The second-order valence-corrected chi connectivity index (χ2v) is 4.74. The summed E-state index contributed by atoms with van der Waals surface area (Å²) in [6.07, 6.45) is 5.19. The van der Waals surface area contributed by atoms with Crippen molar-refractivity contribution in [3.63, 3.8) is 0 Å². The highest BCUT2D eigenvalue weighted by atomic mass is 19.1. The molecule has 0 fully saturated rings. The molecule has 0 radical (unpaired) electrons. The zero-order valence-corrected chi connectivity index (χ0v) is 11.8. The molecule has 0 aliphatic rings. The number of halogens is 1. The van der Waals surface area contributed by atoms with Crippen LogP contribution in [0.4, 0.5) is 10.1 Å². The predicted octanol–water partition coefficient (Wildman–Crippen LogP) is 1.86. The third kappa shape index (κ3) is 3.85. The fraction of sp³-hybridized carbons (Fsp3) is 0.357. The highest BCUT2D eigenvalue weighted by Crippen LogP contribution is 2.17. The number of carbonyl (C=O) groups is 1. The zero-order chi connectivity index (χ0) is 15.2. The maximum absolute atomic E-state index is 14.0. The van der Waals surface area contributed by atoms with Crippen LogP contribution in [0, 0.1) is 5.82 Å². The number of aromatic nitrogens is 3. The van der Waals surface area contributed by atoms with Crippen molar-refractivity contribution in [2.24, 2.45) is 5.73 Å². The van der Waals surface area contributed by atoms with Crippen LogP contribution in [-0.4, -0.2) is 26.7 Å².